The Morgan fingerprint density at radius 2 is 1.90 bits per heavy atom. The number of benzene rings is 1. The van der Waals surface area contributed by atoms with Crippen LogP contribution in [-0.4, -0.2) is 48.0 Å². The number of amides is 4. The summed E-state index contributed by atoms with van der Waals surface area (Å²) in [5, 5.41) is 5.83. The third kappa shape index (κ3) is 4.41. The second-order valence-corrected chi connectivity index (χ2v) is 8.33. The Bertz CT molecular complexity index is 841. The van der Waals surface area contributed by atoms with Gasteiger partial charge in [0.25, 0.3) is 11.8 Å². The number of hydrogen-bond donors (Lipinski definition) is 2. The van der Waals surface area contributed by atoms with E-state index in [0.29, 0.717) is 38.2 Å². The maximum Gasteiger partial charge on any atom is 0.325 e. The summed E-state index contributed by atoms with van der Waals surface area (Å²) in [6.45, 7) is 1.78. The van der Waals surface area contributed by atoms with Crippen molar-refractivity contribution in [3.63, 3.8) is 0 Å². The van der Waals surface area contributed by atoms with Gasteiger partial charge in [0.2, 0.25) is 0 Å². The molecule has 7 nitrogen and oxygen atoms in total. The first-order valence-corrected chi connectivity index (χ1v) is 10.8. The van der Waals surface area contributed by atoms with Crippen molar-refractivity contribution in [2.45, 2.75) is 57.0 Å². The van der Waals surface area contributed by atoms with Gasteiger partial charge in [-0.2, -0.15) is 0 Å². The number of nitrogens with one attached hydrogen (secondary N) is 2. The van der Waals surface area contributed by atoms with Gasteiger partial charge in [-0.25, -0.2) is 4.79 Å². The molecule has 1 aliphatic carbocycles. The van der Waals surface area contributed by atoms with Gasteiger partial charge in [-0.05, 0) is 49.8 Å². The Morgan fingerprint density at radius 3 is 2.60 bits per heavy atom. The second kappa shape index (κ2) is 9.00. The maximum atomic E-state index is 12.8. The molecule has 4 amide bonds. The van der Waals surface area contributed by atoms with E-state index in [-0.39, 0.29) is 24.4 Å². The zero-order valence-corrected chi connectivity index (χ0v) is 17.2. The molecule has 7 heteroatoms. The molecule has 3 aliphatic rings. The molecule has 2 N–H and O–H groups in total. The Labute approximate surface area is 176 Å². The standard InChI is InChI=1S/C23H29N3O4/c27-20(24-13-10-17-4-2-1-3-5-17)19-8-6-18(7-9-19)16-26-21(28)23(25-22(26)29)11-14-30-15-12-23/h4,6-9H,1-3,5,10-16H2,(H,24,27)(H,25,29). The Kier molecular flexibility index (Phi) is 6.18. The minimum absolute atomic E-state index is 0.103. The van der Waals surface area contributed by atoms with Gasteiger partial charge in [0.15, 0.2) is 0 Å². The lowest BCUT2D eigenvalue weighted by molar-refractivity contribution is -0.134. The number of rotatable bonds is 6. The number of nitrogens with zero attached hydrogens (tertiary/aromatic N) is 1. The molecule has 0 atom stereocenters. The number of carbonyl (C=O) groups is 3. The van der Waals surface area contributed by atoms with Crippen molar-refractivity contribution in [3.8, 4) is 0 Å². The normalized spacial score (nSPS) is 20.8. The van der Waals surface area contributed by atoms with E-state index in [4.69, 9.17) is 4.74 Å². The number of imide groups is 1. The van der Waals surface area contributed by atoms with Crippen molar-refractivity contribution in [1.82, 2.24) is 15.5 Å². The van der Waals surface area contributed by atoms with Crippen molar-refractivity contribution < 1.29 is 19.1 Å². The smallest absolute Gasteiger partial charge is 0.325 e. The molecule has 0 bridgehead atoms. The van der Waals surface area contributed by atoms with Crippen LogP contribution in [0.15, 0.2) is 35.9 Å². The van der Waals surface area contributed by atoms with Crippen molar-refractivity contribution in [2.24, 2.45) is 0 Å². The summed E-state index contributed by atoms with van der Waals surface area (Å²) in [7, 11) is 0. The highest BCUT2D eigenvalue weighted by Gasteiger charge is 2.51. The summed E-state index contributed by atoms with van der Waals surface area (Å²) in [6, 6.07) is 6.73. The van der Waals surface area contributed by atoms with Crippen LogP contribution in [0.1, 0.15) is 60.9 Å². The van der Waals surface area contributed by atoms with Crippen LogP contribution in [0.2, 0.25) is 0 Å². The van der Waals surface area contributed by atoms with Crippen LogP contribution in [0.3, 0.4) is 0 Å². The monoisotopic (exact) mass is 411 g/mol. The van der Waals surface area contributed by atoms with E-state index in [1.807, 2.05) is 0 Å². The first kappa shape index (κ1) is 20.6. The molecular formula is C23H29N3O4. The summed E-state index contributed by atoms with van der Waals surface area (Å²) < 4.78 is 5.33. The average molecular weight is 412 g/mol. The van der Waals surface area contributed by atoms with Gasteiger partial charge >= 0.3 is 6.03 Å². The van der Waals surface area contributed by atoms with E-state index >= 15 is 0 Å². The zero-order valence-electron chi connectivity index (χ0n) is 17.2. The molecule has 0 radical (unpaired) electrons. The molecule has 1 spiro atoms. The van der Waals surface area contributed by atoms with Crippen LogP contribution in [0.4, 0.5) is 4.79 Å². The van der Waals surface area contributed by atoms with Crippen LogP contribution in [0.5, 0.6) is 0 Å². The predicted octanol–water partition coefficient (Wildman–Crippen LogP) is 2.91. The van der Waals surface area contributed by atoms with E-state index in [9.17, 15) is 14.4 Å². The van der Waals surface area contributed by atoms with Crippen molar-refractivity contribution in [3.05, 3.63) is 47.0 Å². The fourth-order valence-electron chi connectivity index (χ4n) is 4.39. The maximum absolute atomic E-state index is 12.8. The minimum atomic E-state index is -0.817. The Hall–Kier alpha value is -2.67. The highest BCUT2D eigenvalue weighted by atomic mass is 16.5. The van der Waals surface area contributed by atoms with Gasteiger partial charge in [0.05, 0.1) is 6.54 Å². The third-order valence-electron chi connectivity index (χ3n) is 6.27. The zero-order chi connectivity index (χ0) is 21.0. The number of ether oxygens (including phenoxy) is 1. The minimum Gasteiger partial charge on any atom is -0.381 e. The van der Waals surface area contributed by atoms with E-state index in [2.05, 4.69) is 16.7 Å². The van der Waals surface area contributed by atoms with Gasteiger partial charge in [-0.3, -0.25) is 14.5 Å². The number of carbonyl (C=O) groups excluding carboxylic acids is 3. The fourth-order valence-corrected chi connectivity index (χ4v) is 4.39. The molecule has 0 aromatic heterocycles. The average Bonchev–Trinajstić information content (AvgIpc) is 2.99. The molecule has 2 saturated heterocycles. The van der Waals surface area contributed by atoms with Gasteiger partial charge in [-0.15, -0.1) is 0 Å². The van der Waals surface area contributed by atoms with E-state index in [1.54, 1.807) is 24.3 Å². The summed E-state index contributed by atoms with van der Waals surface area (Å²) in [5.74, 6) is -0.288. The number of allylic oxidation sites excluding steroid dienone is 1. The van der Waals surface area contributed by atoms with Crippen LogP contribution in [0, 0.1) is 0 Å². The van der Waals surface area contributed by atoms with Crippen LogP contribution in [0.25, 0.3) is 0 Å². The lowest BCUT2D eigenvalue weighted by Crippen LogP contribution is -2.51. The van der Waals surface area contributed by atoms with Gasteiger partial charge < -0.3 is 15.4 Å². The molecule has 0 saturated carbocycles. The quantitative estimate of drug-likeness (QED) is 0.557. The molecule has 1 aromatic carbocycles. The van der Waals surface area contributed by atoms with Gasteiger partial charge in [-0.1, -0.05) is 23.8 Å². The molecule has 2 aliphatic heterocycles. The lowest BCUT2D eigenvalue weighted by Gasteiger charge is -2.30. The predicted molar refractivity (Wildman–Crippen MR) is 112 cm³/mol. The highest BCUT2D eigenvalue weighted by molar-refractivity contribution is 6.07. The van der Waals surface area contributed by atoms with Crippen molar-refractivity contribution >= 4 is 17.8 Å². The van der Waals surface area contributed by atoms with Gasteiger partial charge in [0.1, 0.15) is 5.54 Å². The fraction of sp³-hybridized carbons (Fsp3) is 0.522. The largest absolute Gasteiger partial charge is 0.381 e. The second-order valence-electron chi connectivity index (χ2n) is 8.33. The molecule has 2 heterocycles. The van der Waals surface area contributed by atoms with Crippen molar-refractivity contribution in [1.29, 1.82) is 0 Å². The van der Waals surface area contributed by atoms with Crippen LogP contribution < -0.4 is 10.6 Å². The molecule has 30 heavy (non-hydrogen) atoms. The summed E-state index contributed by atoms with van der Waals surface area (Å²) in [4.78, 5) is 38.9. The molecular weight excluding hydrogens is 382 g/mol. The lowest BCUT2D eigenvalue weighted by atomic mass is 9.90. The summed E-state index contributed by atoms with van der Waals surface area (Å²) in [5.41, 5.74) is 2.01. The van der Waals surface area contributed by atoms with Crippen LogP contribution in [-0.2, 0) is 16.1 Å². The first-order chi connectivity index (χ1) is 14.6. The third-order valence-corrected chi connectivity index (χ3v) is 6.27. The Morgan fingerprint density at radius 1 is 1.13 bits per heavy atom. The molecule has 2 fully saturated rings. The molecule has 4 rings (SSSR count). The van der Waals surface area contributed by atoms with Crippen molar-refractivity contribution in [2.75, 3.05) is 19.8 Å². The van der Waals surface area contributed by atoms with E-state index < -0.39 is 5.54 Å². The number of hydrogen-bond acceptors (Lipinski definition) is 4. The first-order valence-electron chi connectivity index (χ1n) is 10.8. The Balaban J connectivity index is 1.31. The highest BCUT2D eigenvalue weighted by Crippen LogP contribution is 2.29. The van der Waals surface area contributed by atoms with E-state index in [1.165, 1.54) is 23.3 Å². The van der Waals surface area contributed by atoms with E-state index in [0.717, 1.165) is 24.8 Å². The van der Waals surface area contributed by atoms with Crippen LogP contribution >= 0.6 is 0 Å². The topological polar surface area (TPSA) is 87.7 Å². The summed E-state index contributed by atoms with van der Waals surface area (Å²) >= 11 is 0. The molecule has 0 unspecified atom stereocenters. The molecule has 1 aromatic rings. The summed E-state index contributed by atoms with van der Waals surface area (Å²) in [6.07, 6.45) is 9.01. The molecule has 160 valence electrons. The van der Waals surface area contributed by atoms with Gasteiger partial charge in [0, 0.05) is 38.2 Å². The SMILES string of the molecule is O=C(NCCC1=CCCCC1)c1ccc(CN2C(=O)NC3(CCOCC3)C2=O)cc1. The number of urea groups is 1.